The highest BCUT2D eigenvalue weighted by atomic mass is 32.2. The molecule has 1 saturated heterocycles. The molecule has 5 nitrogen and oxygen atoms in total. The van der Waals surface area contributed by atoms with E-state index in [1.165, 1.54) is 22.5 Å². The van der Waals surface area contributed by atoms with Crippen LogP contribution in [0.4, 0.5) is 4.39 Å². The number of rotatable bonds is 4. The molecular weight excluding hydrogens is 379 g/mol. The molecule has 0 radical (unpaired) electrons. The van der Waals surface area contributed by atoms with E-state index in [-0.39, 0.29) is 24.8 Å². The Balaban J connectivity index is 1.64. The van der Waals surface area contributed by atoms with Gasteiger partial charge < -0.3 is 4.90 Å². The molecule has 1 heterocycles. The Hall–Kier alpha value is -2.51. The Morgan fingerprint density at radius 3 is 2.29 bits per heavy atom. The standard InChI is InChI=1S/C21H23FN2O3S/c1-16-3-4-17(2)20(15-16)28(26,27)24-13-11-23(12-14-24)21(25)10-7-18-5-8-19(22)9-6-18/h3-10,15H,11-14H2,1-2H3/b10-7+. The van der Waals surface area contributed by atoms with Crippen LogP contribution in [0, 0.1) is 19.7 Å². The molecule has 1 fully saturated rings. The van der Waals surface area contributed by atoms with Gasteiger partial charge in [-0.25, -0.2) is 12.8 Å². The topological polar surface area (TPSA) is 57.7 Å². The normalized spacial score (nSPS) is 15.9. The fourth-order valence-electron chi connectivity index (χ4n) is 3.12. The van der Waals surface area contributed by atoms with Crippen molar-refractivity contribution in [3.63, 3.8) is 0 Å². The molecule has 1 aliphatic heterocycles. The van der Waals surface area contributed by atoms with Crippen LogP contribution in [-0.4, -0.2) is 49.7 Å². The molecule has 2 aromatic carbocycles. The molecule has 28 heavy (non-hydrogen) atoms. The Morgan fingerprint density at radius 2 is 1.64 bits per heavy atom. The molecular formula is C21H23FN2O3S. The molecule has 0 N–H and O–H groups in total. The zero-order valence-corrected chi connectivity index (χ0v) is 16.7. The Labute approximate surface area is 165 Å². The Kier molecular flexibility index (Phi) is 5.96. The summed E-state index contributed by atoms with van der Waals surface area (Å²) in [6.45, 7) is 4.82. The largest absolute Gasteiger partial charge is 0.337 e. The number of hydrogen-bond donors (Lipinski definition) is 0. The number of aryl methyl sites for hydroxylation is 2. The van der Waals surface area contributed by atoms with Gasteiger partial charge in [-0.15, -0.1) is 0 Å². The lowest BCUT2D eigenvalue weighted by Crippen LogP contribution is -2.50. The molecule has 0 unspecified atom stereocenters. The molecule has 0 atom stereocenters. The second-order valence-corrected chi connectivity index (χ2v) is 8.79. The lowest BCUT2D eigenvalue weighted by atomic mass is 10.2. The van der Waals surface area contributed by atoms with E-state index < -0.39 is 10.0 Å². The van der Waals surface area contributed by atoms with E-state index >= 15 is 0 Å². The van der Waals surface area contributed by atoms with Crippen molar-refractivity contribution in [2.75, 3.05) is 26.2 Å². The minimum Gasteiger partial charge on any atom is -0.337 e. The quantitative estimate of drug-likeness (QED) is 0.739. The molecule has 0 aromatic heterocycles. The lowest BCUT2D eigenvalue weighted by molar-refractivity contribution is -0.127. The van der Waals surface area contributed by atoms with Gasteiger partial charge in [-0.2, -0.15) is 4.31 Å². The van der Waals surface area contributed by atoms with Gasteiger partial charge >= 0.3 is 0 Å². The van der Waals surface area contributed by atoms with Crippen molar-refractivity contribution < 1.29 is 17.6 Å². The average Bonchev–Trinajstić information content (AvgIpc) is 2.69. The third-order valence-corrected chi connectivity index (χ3v) is 6.84. The molecule has 0 saturated carbocycles. The fourth-order valence-corrected chi connectivity index (χ4v) is 4.85. The van der Waals surface area contributed by atoms with Crippen molar-refractivity contribution in [1.82, 2.24) is 9.21 Å². The van der Waals surface area contributed by atoms with Crippen LogP contribution in [0.1, 0.15) is 16.7 Å². The highest BCUT2D eigenvalue weighted by Gasteiger charge is 2.30. The number of amides is 1. The summed E-state index contributed by atoms with van der Waals surface area (Å²) < 4.78 is 40.3. The number of benzene rings is 2. The second-order valence-electron chi connectivity index (χ2n) is 6.88. The summed E-state index contributed by atoms with van der Waals surface area (Å²) in [7, 11) is -3.58. The van der Waals surface area contributed by atoms with E-state index in [2.05, 4.69) is 0 Å². The molecule has 0 spiro atoms. The maximum atomic E-state index is 13.0. The number of piperazine rings is 1. The highest BCUT2D eigenvalue weighted by molar-refractivity contribution is 7.89. The number of carbonyl (C=O) groups is 1. The van der Waals surface area contributed by atoms with Gasteiger partial charge in [0, 0.05) is 32.3 Å². The molecule has 0 aliphatic carbocycles. The molecule has 2 aromatic rings. The van der Waals surface area contributed by atoms with Crippen LogP contribution in [-0.2, 0) is 14.8 Å². The molecule has 3 rings (SSSR count). The summed E-state index contributed by atoms with van der Waals surface area (Å²) in [5.41, 5.74) is 2.33. The zero-order chi connectivity index (χ0) is 20.3. The highest BCUT2D eigenvalue weighted by Crippen LogP contribution is 2.22. The van der Waals surface area contributed by atoms with Crippen LogP contribution in [0.25, 0.3) is 6.08 Å². The van der Waals surface area contributed by atoms with Crippen molar-refractivity contribution in [2.45, 2.75) is 18.7 Å². The zero-order valence-electron chi connectivity index (χ0n) is 15.9. The summed E-state index contributed by atoms with van der Waals surface area (Å²) in [5, 5.41) is 0. The van der Waals surface area contributed by atoms with Crippen LogP contribution in [0.5, 0.6) is 0 Å². The smallest absolute Gasteiger partial charge is 0.246 e. The number of carbonyl (C=O) groups excluding carboxylic acids is 1. The van der Waals surface area contributed by atoms with Crippen molar-refractivity contribution in [3.8, 4) is 0 Å². The van der Waals surface area contributed by atoms with E-state index in [1.54, 1.807) is 36.1 Å². The van der Waals surface area contributed by atoms with Crippen LogP contribution in [0.3, 0.4) is 0 Å². The first-order valence-electron chi connectivity index (χ1n) is 9.07. The molecule has 1 amide bonds. The molecule has 0 bridgehead atoms. The number of hydrogen-bond acceptors (Lipinski definition) is 3. The number of sulfonamides is 1. The van der Waals surface area contributed by atoms with E-state index in [1.807, 2.05) is 19.1 Å². The van der Waals surface area contributed by atoms with Gasteiger partial charge in [0.2, 0.25) is 15.9 Å². The van der Waals surface area contributed by atoms with Crippen LogP contribution < -0.4 is 0 Å². The Bertz CT molecular complexity index is 993. The van der Waals surface area contributed by atoms with Gasteiger partial charge in [-0.1, -0.05) is 24.3 Å². The van der Waals surface area contributed by atoms with Gasteiger partial charge in [0.15, 0.2) is 0 Å². The maximum absolute atomic E-state index is 13.0. The first-order valence-corrected chi connectivity index (χ1v) is 10.5. The minimum absolute atomic E-state index is 0.187. The number of nitrogens with zero attached hydrogens (tertiary/aromatic N) is 2. The first-order chi connectivity index (χ1) is 13.3. The van der Waals surface area contributed by atoms with Gasteiger partial charge in [-0.05, 0) is 54.8 Å². The van der Waals surface area contributed by atoms with Crippen molar-refractivity contribution >= 4 is 22.0 Å². The van der Waals surface area contributed by atoms with Crippen LogP contribution in [0.15, 0.2) is 53.4 Å². The lowest BCUT2D eigenvalue weighted by Gasteiger charge is -2.33. The third-order valence-electron chi connectivity index (χ3n) is 4.80. The van der Waals surface area contributed by atoms with Gasteiger partial charge in [0.25, 0.3) is 0 Å². The fraction of sp³-hybridized carbons (Fsp3) is 0.286. The summed E-state index contributed by atoms with van der Waals surface area (Å²) >= 11 is 0. The summed E-state index contributed by atoms with van der Waals surface area (Å²) in [6, 6.07) is 11.2. The van der Waals surface area contributed by atoms with E-state index in [0.29, 0.717) is 23.5 Å². The predicted octanol–water partition coefficient (Wildman–Crippen LogP) is 2.99. The molecule has 1 aliphatic rings. The SMILES string of the molecule is Cc1ccc(C)c(S(=O)(=O)N2CCN(C(=O)/C=C/c3ccc(F)cc3)CC2)c1. The van der Waals surface area contributed by atoms with Gasteiger partial charge in [-0.3, -0.25) is 4.79 Å². The average molecular weight is 402 g/mol. The summed E-state index contributed by atoms with van der Waals surface area (Å²) in [4.78, 5) is 14.3. The summed E-state index contributed by atoms with van der Waals surface area (Å²) in [6.07, 6.45) is 3.06. The van der Waals surface area contributed by atoms with Gasteiger partial charge in [0.05, 0.1) is 4.90 Å². The van der Waals surface area contributed by atoms with Crippen LogP contribution in [0.2, 0.25) is 0 Å². The second kappa shape index (κ2) is 8.24. The monoisotopic (exact) mass is 402 g/mol. The molecule has 7 heteroatoms. The first kappa shape index (κ1) is 20.2. The van der Waals surface area contributed by atoms with Crippen LogP contribution >= 0.6 is 0 Å². The summed E-state index contributed by atoms with van der Waals surface area (Å²) in [5.74, 6) is -0.516. The number of halogens is 1. The third kappa shape index (κ3) is 4.48. The Morgan fingerprint density at radius 1 is 1.00 bits per heavy atom. The molecule has 148 valence electrons. The van der Waals surface area contributed by atoms with E-state index in [4.69, 9.17) is 0 Å². The van der Waals surface area contributed by atoms with Crippen molar-refractivity contribution in [2.24, 2.45) is 0 Å². The van der Waals surface area contributed by atoms with Crippen molar-refractivity contribution in [3.05, 3.63) is 71.0 Å². The van der Waals surface area contributed by atoms with E-state index in [0.717, 1.165) is 11.1 Å². The van der Waals surface area contributed by atoms with Gasteiger partial charge in [0.1, 0.15) is 5.82 Å². The van der Waals surface area contributed by atoms with E-state index in [9.17, 15) is 17.6 Å². The minimum atomic E-state index is -3.58. The van der Waals surface area contributed by atoms with Crippen molar-refractivity contribution in [1.29, 1.82) is 0 Å². The maximum Gasteiger partial charge on any atom is 0.246 e. The predicted molar refractivity (Wildman–Crippen MR) is 107 cm³/mol.